The smallest absolute Gasteiger partial charge is 0.322 e. The Morgan fingerprint density at radius 3 is 2.56 bits per heavy atom. The van der Waals surface area contributed by atoms with Crippen molar-refractivity contribution >= 4 is 21.9 Å². The largest absolute Gasteiger partial charge is 0.462 e. The number of ether oxygens (including phenoxy) is 1. The number of cyclic esters (lactones) is 1. The minimum Gasteiger partial charge on any atom is -0.462 e. The summed E-state index contributed by atoms with van der Waals surface area (Å²) in [5.74, 6) is -0.144. The summed E-state index contributed by atoms with van der Waals surface area (Å²) in [4.78, 5) is 10.8. The quantitative estimate of drug-likeness (QED) is 0.430. The predicted molar refractivity (Wildman–Crippen MR) is 37.5 cm³/mol. The van der Waals surface area contributed by atoms with Crippen molar-refractivity contribution in [2.45, 2.75) is 30.7 Å². The lowest BCUT2D eigenvalue weighted by Gasteiger charge is -2.05. The van der Waals surface area contributed by atoms with E-state index in [0.29, 0.717) is 0 Å². The van der Waals surface area contributed by atoms with Gasteiger partial charge in [0.1, 0.15) is 10.4 Å². The molecule has 1 saturated heterocycles. The van der Waals surface area contributed by atoms with Crippen molar-refractivity contribution in [2.24, 2.45) is 0 Å². The molecule has 2 nitrogen and oxygen atoms in total. The molecule has 0 spiro atoms. The first-order valence-corrected chi connectivity index (χ1v) is 3.72. The Labute approximate surface area is 62.7 Å². The lowest BCUT2D eigenvalue weighted by atomic mass is 10.1. The highest BCUT2D eigenvalue weighted by Crippen LogP contribution is 2.32. The maximum atomic E-state index is 10.8. The van der Waals surface area contributed by atoms with Crippen LogP contribution in [0.4, 0.5) is 0 Å². The van der Waals surface area contributed by atoms with Gasteiger partial charge in [0.05, 0.1) is 0 Å². The van der Waals surface area contributed by atoms with Crippen LogP contribution in [0, 0.1) is 0 Å². The third kappa shape index (κ3) is 1.26. The molecule has 0 aromatic heterocycles. The van der Waals surface area contributed by atoms with E-state index < -0.39 is 4.32 Å². The van der Waals surface area contributed by atoms with Crippen molar-refractivity contribution in [3.63, 3.8) is 0 Å². The van der Waals surface area contributed by atoms with Gasteiger partial charge in [0.25, 0.3) is 0 Å². The molecular weight excluding hydrogens is 184 g/mol. The molecule has 3 heteroatoms. The second-order valence-electron chi connectivity index (χ2n) is 2.62. The van der Waals surface area contributed by atoms with Gasteiger partial charge in [-0.2, -0.15) is 0 Å². The van der Waals surface area contributed by atoms with Gasteiger partial charge >= 0.3 is 5.97 Å². The van der Waals surface area contributed by atoms with E-state index in [1.165, 1.54) is 0 Å². The molecule has 1 rings (SSSR count). The summed E-state index contributed by atoms with van der Waals surface area (Å²) < 4.78 is 4.47. The third-order valence-electron chi connectivity index (χ3n) is 1.40. The Morgan fingerprint density at radius 2 is 2.44 bits per heavy atom. The molecule has 0 aromatic carbocycles. The van der Waals surface area contributed by atoms with E-state index in [4.69, 9.17) is 4.74 Å². The van der Waals surface area contributed by atoms with Crippen LogP contribution in [0.2, 0.25) is 0 Å². The molecule has 0 radical (unpaired) electrons. The standard InChI is InChI=1S/C6H9BrO2/c1-4-3-6(2,7)5(8)9-4/h4H,3H2,1-2H3/t4-,6-/m0/s1. The summed E-state index contributed by atoms with van der Waals surface area (Å²) in [6, 6.07) is 0. The molecule has 0 saturated carbocycles. The molecule has 0 unspecified atom stereocenters. The van der Waals surface area contributed by atoms with E-state index in [-0.39, 0.29) is 12.1 Å². The van der Waals surface area contributed by atoms with Crippen molar-refractivity contribution in [3.8, 4) is 0 Å². The average molecular weight is 193 g/mol. The first kappa shape index (κ1) is 7.06. The maximum Gasteiger partial charge on any atom is 0.322 e. The Hall–Kier alpha value is -0.0500. The lowest BCUT2D eigenvalue weighted by molar-refractivity contribution is -0.142. The molecule has 0 N–H and O–H groups in total. The van der Waals surface area contributed by atoms with Crippen molar-refractivity contribution < 1.29 is 9.53 Å². The summed E-state index contributed by atoms with van der Waals surface area (Å²) in [6.07, 6.45) is 0.841. The van der Waals surface area contributed by atoms with E-state index >= 15 is 0 Å². The number of rotatable bonds is 0. The number of esters is 1. The van der Waals surface area contributed by atoms with E-state index in [1.54, 1.807) is 0 Å². The van der Waals surface area contributed by atoms with Crippen LogP contribution in [0.15, 0.2) is 0 Å². The Kier molecular flexibility index (Phi) is 1.55. The molecule has 2 atom stereocenters. The number of carbonyl (C=O) groups is 1. The first-order chi connectivity index (χ1) is 4.02. The van der Waals surface area contributed by atoms with Crippen molar-refractivity contribution in [1.29, 1.82) is 0 Å². The average Bonchev–Trinajstić information content (AvgIpc) is 1.79. The molecule has 1 aliphatic heterocycles. The number of hydrogen-bond donors (Lipinski definition) is 0. The summed E-state index contributed by atoms with van der Waals surface area (Å²) in [5, 5.41) is 0. The molecule has 52 valence electrons. The summed E-state index contributed by atoms with van der Waals surface area (Å²) in [5.41, 5.74) is 0. The zero-order valence-electron chi connectivity index (χ0n) is 5.48. The zero-order chi connectivity index (χ0) is 7.07. The van der Waals surface area contributed by atoms with Gasteiger partial charge in [0.15, 0.2) is 0 Å². The molecule has 1 fully saturated rings. The normalized spacial score (nSPS) is 43.0. The Morgan fingerprint density at radius 1 is 1.89 bits per heavy atom. The van der Waals surface area contributed by atoms with Crippen LogP contribution in [-0.2, 0) is 9.53 Å². The molecule has 1 heterocycles. The van der Waals surface area contributed by atoms with E-state index in [2.05, 4.69) is 15.9 Å². The van der Waals surface area contributed by atoms with Gasteiger partial charge in [0.2, 0.25) is 0 Å². The van der Waals surface area contributed by atoms with Crippen LogP contribution in [0.5, 0.6) is 0 Å². The summed E-state index contributed by atoms with van der Waals surface area (Å²) in [7, 11) is 0. The van der Waals surface area contributed by atoms with Gasteiger partial charge < -0.3 is 4.74 Å². The Bertz CT molecular complexity index is 142. The molecule has 0 amide bonds. The molecule has 1 aliphatic rings. The second-order valence-corrected chi connectivity index (χ2v) is 4.37. The van der Waals surface area contributed by atoms with Gasteiger partial charge in [0, 0.05) is 6.42 Å². The molecule has 0 aliphatic carbocycles. The number of carbonyl (C=O) groups excluding carboxylic acids is 1. The van der Waals surface area contributed by atoms with Crippen molar-refractivity contribution in [3.05, 3.63) is 0 Å². The van der Waals surface area contributed by atoms with Crippen LogP contribution in [0.1, 0.15) is 20.3 Å². The fraction of sp³-hybridized carbons (Fsp3) is 0.833. The van der Waals surface area contributed by atoms with E-state index in [9.17, 15) is 4.79 Å². The number of alkyl halides is 1. The summed E-state index contributed by atoms with van der Waals surface area (Å²) in [6.45, 7) is 3.73. The molecule has 0 aromatic rings. The fourth-order valence-electron chi connectivity index (χ4n) is 0.970. The minimum absolute atomic E-state index is 0.0712. The molecule has 0 bridgehead atoms. The Balaban J connectivity index is 2.70. The second kappa shape index (κ2) is 1.97. The van der Waals surface area contributed by atoms with Gasteiger partial charge in [-0.3, -0.25) is 4.79 Å². The highest BCUT2D eigenvalue weighted by Gasteiger charge is 2.41. The van der Waals surface area contributed by atoms with Gasteiger partial charge in [-0.05, 0) is 13.8 Å². The highest BCUT2D eigenvalue weighted by atomic mass is 79.9. The van der Waals surface area contributed by atoms with Gasteiger partial charge in [-0.1, -0.05) is 15.9 Å². The topological polar surface area (TPSA) is 26.3 Å². The van der Waals surface area contributed by atoms with E-state index in [0.717, 1.165) is 6.42 Å². The van der Waals surface area contributed by atoms with Crippen molar-refractivity contribution in [2.75, 3.05) is 0 Å². The monoisotopic (exact) mass is 192 g/mol. The van der Waals surface area contributed by atoms with Crippen LogP contribution in [0.3, 0.4) is 0 Å². The summed E-state index contributed by atoms with van der Waals surface area (Å²) >= 11 is 3.27. The molecular formula is C6H9BrO2. The first-order valence-electron chi connectivity index (χ1n) is 2.92. The minimum atomic E-state index is -0.424. The number of halogens is 1. The number of hydrogen-bond acceptors (Lipinski definition) is 2. The SMILES string of the molecule is C[C@H]1C[C@](C)(Br)C(=O)O1. The van der Waals surface area contributed by atoms with Crippen LogP contribution < -0.4 is 0 Å². The third-order valence-corrected chi connectivity index (χ3v) is 2.05. The van der Waals surface area contributed by atoms with Crippen LogP contribution in [-0.4, -0.2) is 16.4 Å². The maximum absolute atomic E-state index is 10.8. The van der Waals surface area contributed by atoms with Crippen LogP contribution >= 0.6 is 15.9 Å². The fourth-order valence-corrected chi connectivity index (χ4v) is 1.52. The predicted octanol–water partition coefficient (Wildman–Crippen LogP) is 1.48. The molecule has 9 heavy (non-hydrogen) atoms. The highest BCUT2D eigenvalue weighted by molar-refractivity contribution is 9.10. The van der Waals surface area contributed by atoms with E-state index in [1.807, 2.05) is 13.8 Å². The van der Waals surface area contributed by atoms with Gasteiger partial charge in [-0.15, -0.1) is 0 Å². The van der Waals surface area contributed by atoms with Crippen molar-refractivity contribution in [1.82, 2.24) is 0 Å². The van der Waals surface area contributed by atoms with Gasteiger partial charge in [-0.25, -0.2) is 0 Å². The van der Waals surface area contributed by atoms with Crippen LogP contribution in [0.25, 0.3) is 0 Å². The zero-order valence-corrected chi connectivity index (χ0v) is 7.06. The lowest BCUT2D eigenvalue weighted by Crippen LogP contribution is -2.21.